The fourth-order valence-electron chi connectivity index (χ4n) is 1.31. The largest absolute Gasteiger partial charge is 0.493 e. The first-order valence-corrected chi connectivity index (χ1v) is 5.91. The summed E-state index contributed by atoms with van der Waals surface area (Å²) < 4.78 is 6.45. The predicted molar refractivity (Wildman–Crippen MR) is 65.1 cm³/mol. The molecule has 0 unspecified atom stereocenters. The van der Waals surface area contributed by atoms with Crippen molar-refractivity contribution in [2.24, 2.45) is 0 Å². The summed E-state index contributed by atoms with van der Waals surface area (Å²) in [4.78, 5) is 0. The molecule has 0 spiro atoms. The molecular formula is C12H14BrNO2. The fourth-order valence-corrected chi connectivity index (χ4v) is 1.65. The third kappa shape index (κ3) is 3.84. The first kappa shape index (κ1) is 13.0. The Bertz CT molecular complexity index is 385. The van der Waals surface area contributed by atoms with E-state index in [9.17, 15) is 5.11 Å². The third-order valence-corrected chi connectivity index (χ3v) is 2.61. The zero-order chi connectivity index (χ0) is 12.0. The van der Waals surface area contributed by atoms with Crippen LogP contribution in [0.15, 0.2) is 22.7 Å². The quantitative estimate of drug-likeness (QED) is 0.845. The molecule has 0 saturated heterocycles. The van der Waals surface area contributed by atoms with Crippen LogP contribution in [-0.2, 0) is 0 Å². The van der Waals surface area contributed by atoms with Crippen LogP contribution in [0.4, 0.5) is 0 Å². The van der Waals surface area contributed by atoms with Crippen LogP contribution in [0.1, 0.15) is 31.4 Å². The minimum absolute atomic E-state index is 0.484. The molecule has 0 bridgehead atoms. The van der Waals surface area contributed by atoms with Gasteiger partial charge in [0.25, 0.3) is 0 Å². The van der Waals surface area contributed by atoms with Gasteiger partial charge in [-0.25, -0.2) is 0 Å². The number of rotatable bonds is 5. The van der Waals surface area contributed by atoms with E-state index in [2.05, 4.69) is 22.0 Å². The molecule has 1 rings (SSSR count). The smallest absolute Gasteiger partial charge is 0.126 e. The number of nitriles is 1. The van der Waals surface area contributed by atoms with E-state index in [1.165, 1.54) is 0 Å². The van der Waals surface area contributed by atoms with E-state index in [4.69, 9.17) is 10.00 Å². The van der Waals surface area contributed by atoms with Crippen molar-refractivity contribution in [2.45, 2.75) is 25.9 Å². The Kier molecular flexibility index (Phi) is 5.30. The summed E-state index contributed by atoms with van der Waals surface area (Å²) in [6.07, 6.45) is 0.624. The molecule has 0 aliphatic carbocycles. The van der Waals surface area contributed by atoms with E-state index in [1.54, 1.807) is 6.92 Å². The summed E-state index contributed by atoms with van der Waals surface area (Å²) in [5, 5.41) is 17.9. The topological polar surface area (TPSA) is 53.2 Å². The highest BCUT2D eigenvalue weighted by molar-refractivity contribution is 9.10. The standard InChI is InChI=1S/C12H14BrNO2/c1-9(15)11-5-4-10(13)8-12(11)16-7-3-2-6-14/h4-5,8-9,15H,2-3,7H2,1H3/t9-/m0/s1. The van der Waals surface area contributed by atoms with Crippen LogP contribution in [0, 0.1) is 11.3 Å². The van der Waals surface area contributed by atoms with Crippen LogP contribution in [0.5, 0.6) is 5.75 Å². The van der Waals surface area contributed by atoms with E-state index >= 15 is 0 Å². The number of aliphatic hydroxyl groups is 1. The summed E-state index contributed by atoms with van der Waals surface area (Å²) in [6.45, 7) is 2.19. The summed E-state index contributed by atoms with van der Waals surface area (Å²) in [5.41, 5.74) is 0.764. The first-order chi connectivity index (χ1) is 7.65. The van der Waals surface area contributed by atoms with Gasteiger partial charge in [0.05, 0.1) is 18.8 Å². The maximum Gasteiger partial charge on any atom is 0.126 e. The third-order valence-electron chi connectivity index (χ3n) is 2.12. The van der Waals surface area contributed by atoms with E-state index in [-0.39, 0.29) is 0 Å². The maximum absolute atomic E-state index is 9.55. The lowest BCUT2D eigenvalue weighted by Gasteiger charge is -2.13. The molecule has 0 heterocycles. The highest BCUT2D eigenvalue weighted by Gasteiger charge is 2.09. The average Bonchev–Trinajstić information content (AvgIpc) is 2.24. The zero-order valence-corrected chi connectivity index (χ0v) is 10.7. The van der Waals surface area contributed by atoms with Crippen LogP contribution in [0.2, 0.25) is 0 Å². The average molecular weight is 284 g/mol. The normalized spacial score (nSPS) is 11.9. The lowest BCUT2D eigenvalue weighted by Crippen LogP contribution is -2.02. The van der Waals surface area contributed by atoms with Gasteiger partial charge in [-0.15, -0.1) is 0 Å². The van der Waals surface area contributed by atoms with Crippen LogP contribution >= 0.6 is 15.9 Å². The summed E-state index contributed by atoms with van der Waals surface area (Å²) >= 11 is 3.35. The predicted octanol–water partition coefficient (Wildman–Crippen LogP) is 3.18. The van der Waals surface area contributed by atoms with Crippen molar-refractivity contribution in [3.05, 3.63) is 28.2 Å². The summed E-state index contributed by atoms with van der Waals surface area (Å²) in [7, 11) is 0. The monoisotopic (exact) mass is 283 g/mol. The summed E-state index contributed by atoms with van der Waals surface area (Å²) in [5.74, 6) is 0.669. The molecule has 0 fully saturated rings. The Balaban J connectivity index is 2.69. The van der Waals surface area contributed by atoms with E-state index in [1.807, 2.05) is 18.2 Å². The number of aliphatic hydroxyl groups excluding tert-OH is 1. The number of hydrogen-bond acceptors (Lipinski definition) is 3. The second-order valence-corrected chi connectivity index (χ2v) is 4.38. The molecule has 1 aromatic rings. The molecule has 4 heteroatoms. The molecule has 0 amide bonds. The molecular weight excluding hydrogens is 270 g/mol. The Labute approximate surface area is 104 Å². The highest BCUT2D eigenvalue weighted by atomic mass is 79.9. The SMILES string of the molecule is C[C@H](O)c1ccc(Br)cc1OCCCC#N. The van der Waals surface area contributed by atoms with Gasteiger partial charge < -0.3 is 9.84 Å². The van der Waals surface area contributed by atoms with Crippen LogP contribution in [0.3, 0.4) is 0 Å². The molecule has 0 radical (unpaired) electrons. The van der Waals surface area contributed by atoms with Gasteiger partial charge in [-0.2, -0.15) is 5.26 Å². The Hall–Kier alpha value is -1.05. The van der Waals surface area contributed by atoms with Crippen molar-refractivity contribution in [1.29, 1.82) is 5.26 Å². The maximum atomic E-state index is 9.55. The molecule has 1 atom stereocenters. The molecule has 3 nitrogen and oxygen atoms in total. The highest BCUT2D eigenvalue weighted by Crippen LogP contribution is 2.28. The van der Waals surface area contributed by atoms with Gasteiger partial charge in [0.1, 0.15) is 5.75 Å². The van der Waals surface area contributed by atoms with Gasteiger partial charge in [-0.3, -0.25) is 0 Å². The van der Waals surface area contributed by atoms with Crippen molar-refractivity contribution in [1.82, 2.24) is 0 Å². The number of halogens is 1. The van der Waals surface area contributed by atoms with Gasteiger partial charge in [-0.1, -0.05) is 22.0 Å². The molecule has 0 aromatic heterocycles. The van der Waals surface area contributed by atoms with Crippen molar-refractivity contribution >= 4 is 15.9 Å². The lowest BCUT2D eigenvalue weighted by atomic mass is 10.1. The number of hydrogen-bond donors (Lipinski definition) is 1. The van der Waals surface area contributed by atoms with Crippen molar-refractivity contribution < 1.29 is 9.84 Å². The number of benzene rings is 1. The molecule has 16 heavy (non-hydrogen) atoms. The molecule has 0 aliphatic heterocycles. The summed E-state index contributed by atoms with van der Waals surface area (Å²) in [6, 6.07) is 7.58. The fraction of sp³-hybridized carbons (Fsp3) is 0.417. The molecule has 0 aliphatic rings. The minimum atomic E-state index is -0.556. The molecule has 1 aromatic carbocycles. The van der Waals surface area contributed by atoms with Crippen LogP contribution in [0.25, 0.3) is 0 Å². The van der Waals surface area contributed by atoms with Gasteiger partial charge in [0.2, 0.25) is 0 Å². The second kappa shape index (κ2) is 6.51. The van der Waals surface area contributed by atoms with Crippen LogP contribution in [-0.4, -0.2) is 11.7 Å². The van der Waals surface area contributed by atoms with Crippen molar-refractivity contribution in [3.8, 4) is 11.8 Å². The van der Waals surface area contributed by atoms with Crippen molar-refractivity contribution in [2.75, 3.05) is 6.61 Å². The molecule has 1 N–H and O–H groups in total. The van der Waals surface area contributed by atoms with E-state index < -0.39 is 6.10 Å². The van der Waals surface area contributed by atoms with Gasteiger partial charge in [0, 0.05) is 16.5 Å². The number of nitrogens with zero attached hydrogens (tertiary/aromatic N) is 1. The molecule has 0 saturated carbocycles. The van der Waals surface area contributed by atoms with Gasteiger partial charge >= 0.3 is 0 Å². The molecule has 86 valence electrons. The number of ether oxygens (including phenoxy) is 1. The van der Waals surface area contributed by atoms with E-state index in [0.717, 1.165) is 10.0 Å². The van der Waals surface area contributed by atoms with Crippen molar-refractivity contribution in [3.63, 3.8) is 0 Å². The minimum Gasteiger partial charge on any atom is -0.493 e. The van der Waals surface area contributed by atoms with Crippen LogP contribution < -0.4 is 4.74 Å². The Morgan fingerprint density at radius 2 is 2.31 bits per heavy atom. The Morgan fingerprint density at radius 3 is 2.94 bits per heavy atom. The van der Waals surface area contributed by atoms with E-state index in [0.29, 0.717) is 25.2 Å². The number of unbranched alkanes of at least 4 members (excludes halogenated alkanes) is 1. The first-order valence-electron chi connectivity index (χ1n) is 5.12. The Morgan fingerprint density at radius 1 is 1.56 bits per heavy atom. The second-order valence-electron chi connectivity index (χ2n) is 3.47. The van der Waals surface area contributed by atoms with Gasteiger partial charge in [0.15, 0.2) is 0 Å². The lowest BCUT2D eigenvalue weighted by molar-refractivity contribution is 0.191. The zero-order valence-electron chi connectivity index (χ0n) is 9.11. The van der Waals surface area contributed by atoms with Gasteiger partial charge in [-0.05, 0) is 25.5 Å².